The van der Waals surface area contributed by atoms with Gasteiger partial charge >= 0.3 is 0 Å². The number of nitrogens with zero attached hydrogens (tertiary/aromatic N) is 1. The van der Waals surface area contributed by atoms with Gasteiger partial charge < -0.3 is 15.0 Å². The van der Waals surface area contributed by atoms with E-state index in [9.17, 15) is 4.79 Å². The molecule has 1 aromatic carbocycles. The Kier molecular flexibility index (Phi) is 4.27. The fraction of sp³-hybridized carbons (Fsp3) is 0.588. The quantitative estimate of drug-likeness (QED) is 0.929. The van der Waals surface area contributed by atoms with Crippen LogP contribution in [0.25, 0.3) is 0 Å². The topological polar surface area (TPSA) is 41.6 Å². The third kappa shape index (κ3) is 2.83. The van der Waals surface area contributed by atoms with Crippen molar-refractivity contribution in [2.45, 2.75) is 51.4 Å². The summed E-state index contributed by atoms with van der Waals surface area (Å²) >= 11 is 0. The predicted octanol–water partition coefficient (Wildman–Crippen LogP) is 2.64. The number of ether oxygens (including phenoxy) is 1. The second-order valence-electron chi connectivity index (χ2n) is 5.96. The monoisotopic (exact) mass is 288 g/mol. The van der Waals surface area contributed by atoms with Gasteiger partial charge in [0.2, 0.25) is 0 Å². The van der Waals surface area contributed by atoms with Gasteiger partial charge in [-0.1, -0.05) is 25.1 Å². The lowest BCUT2D eigenvalue weighted by Gasteiger charge is -2.35. The highest BCUT2D eigenvalue weighted by Crippen LogP contribution is 2.35. The second kappa shape index (κ2) is 6.16. The molecule has 4 heteroatoms. The van der Waals surface area contributed by atoms with Gasteiger partial charge in [0.25, 0.3) is 5.91 Å². The largest absolute Gasteiger partial charge is 0.365 e. The van der Waals surface area contributed by atoms with Crippen molar-refractivity contribution in [1.82, 2.24) is 5.32 Å². The maximum absolute atomic E-state index is 12.8. The summed E-state index contributed by atoms with van der Waals surface area (Å²) in [5.41, 5.74) is 2.27. The molecule has 0 bridgehead atoms. The second-order valence-corrected chi connectivity index (χ2v) is 5.96. The Bertz CT molecular complexity index is 517. The first-order valence-corrected chi connectivity index (χ1v) is 8.00. The van der Waals surface area contributed by atoms with E-state index in [-0.39, 0.29) is 18.1 Å². The molecule has 1 N–H and O–H groups in total. The molecule has 114 valence electrons. The van der Waals surface area contributed by atoms with E-state index in [1.54, 1.807) is 0 Å². The van der Waals surface area contributed by atoms with Gasteiger partial charge in [-0.25, -0.2) is 0 Å². The van der Waals surface area contributed by atoms with Crippen molar-refractivity contribution in [3.05, 3.63) is 29.8 Å². The molecule has 0 saturated carbocycles. The van der Waals surface area contributed by atoms with E-state index in [0.29, 0.717) is 6.04 Å². The van der Waals surface area contributed by atoms with Crippen LogP contribution in [-0.2, 0) is 9.53 Å². The Morgan fingerprint density at radius 1 is 1.33 bits per heavy atom. The van der Waals surface area contributed by atoms with Crippen molar-refractivity contribution < 1.29 is 9.53 Å². The van der Waals surface area contributed by atoms with Crippen LogP contribution in [0, 0.1) is 0 Å². The third-order valence-corrected chi connectivity index (χ3v) is 4.47. The molecule has 4 nitrogen and oxygen atoms in total. The highest BCUT2D eigenvalue weighted by molar-refractivity contribution is 5.97. The van der Waals surface area contributed by atoms with E-state index in [0.717, 1.165) is 38.0 Å². The number of para-hydroxylation sites is 1. The van der Waals surface area contributed by atoms with Crippen LogP contribution in [0.5, 0.6) is 0 Å². The van der Waals surface area contributed by atoms with Gasteiger partial charge in [0.1, 0.15) is 6.10 Å². The molecular formula is C17H24N2O2. The number of amides is 1. The normalized spacial score (nSPS) is 28.5. The number of anilines is 1. The molecular weight excluding hydrogens is 264 g/mol. The number of rotatable bonds is 3. The molecule has 2 aliphatic heterocycles. The van der Waals surface area contributed by atoms with Crippen LogP contribution in [-0.4, -0.2) is 31.2 Å². The summed E-state index contributed by atoms with van der Waals surface area (Å²) in [6.45, 7) is 5.87. The number of hydrogen-bond acceptors (Lipinski definition) is 3. The number of hydrogen-bond donors (Lipinski definition) is 1. The van der Waals surface area contributed by atoms with Crippen LogP contribution in [0.1, 0.15) is 44.7 Å². The molecule has 1 aromatic rings. The van der Waals surface area contributed by atoms with Gasteiger partial charge in [-0.15, -0.1) is 0 Å². The summed E-state index contributed by atoms with van der Waals surface area (Å²) in [6.07, 6.45) is 2.72. The van der Waals surface area contributed by atoms with Crippen LogP contribution >= 0.6 is 0 Å². The minimum atomic E-state index is -0.260. The molecule has 3 rings (SSSR count). The lowest BCUT2D eigenvalue weighted by atomic mass is 9.95. The van der Waals surface area contributed by atoms with E-state index in [1.807, 2.05) is 24.0 Å². The molecule has 3 atom stereocenters. The predicted molar refractivity (Wildman–Crippen MR) is 83.4 cm³/mol. The van der Waals surface area contributed by atoms with Gasteiger partial charge in [-0.05, 0) is 44.4 Å². The van der Waals surface area contributed by atoms with Crippen molar-refractivity contribution >= 4 is 11.6 Å². The highest BCUT2D eigenvalue weighted by atomic mass is 16.5. The molecule has 3 unspecified atom stereocenters. The average molecular weight is 288 g/mol. The Balaban J connectivity index is 1.84. The summed E-state index contributed by atoms with van der Waals surface area (Å²) < 4.78 is 5.76. The molecule has 2 aliphatic rings. The van der Waals surface area contributed by atoms with E-state index in [4.69, 9.17) is 4.74 Å². The van der Waals surface area contributed by atoms with Crippen LogP contribution in [0.2, 0.25) is 0 Å². The van der Waals surface area contributed by atoms with Gasteiger partial charge in [-0.2, -0.15) is 0 Å². The SMILES string of the molecule is CCNC1CCN(C(=O)C2CCC(C)O2)c2ccccc21. The molecule has 2 heterocycles. The lowest BCUT2D eigenvalue weighted by molar-refractivity contribution is -0.129. The van der Waals surface area contributed by atoms with E-state index in [1.165, 1.54) is 5.56 Å². The zero-order valence-corrected chi connectivity index (χ0v) is 12.8. The van der Waals surface area contributed by atoms with Crippen molar-refractivity contribution in [2.75, 3.05) is 18.0 Å². The highest BCUT2D eigenvalue weighted by Gasteiger charge is 2.35. The van der Waals surface area contributed by atoms with Crippen LogP contribution in [0.4, 0.5) is 5.69 Å². The summed E-state index contributed by atoms with van der Waals surface area (Å²) in [6, 6.07) is 8.57. The minimum Gasteiger partial charge on any atom is -0.365 e. The van der Waals surface area contributed by atoms with E-state index < -0.39 is 0 Å². The average Bonchev–Trinajstić information content (AvgIpc) is 2.94. The van der Waals surface area contributed by atoms with Crippen LogP contribution in [0.3, 0.4) is 0 Å². The van der Waals surface area contributed by atoms with E-state index in [2.05, 4.69) is 24.4 Å². The third-order valence-electron chi connectivity index (χ3n) is 4.47. The smallest absolute Gasteiger partial charge is 0.256 e. The Morgan fingerprint density at radius 3 is 2.86 bits per heavy atom. The molecule has 21 heavy (non-hydrogen) atoms. The van der Waals surface area contributed by atoms with Gasteiger partial charge in [0.05, 0.1) is 6.10 Å². The number of nitrogens with one attached hydrogen (secondary N) is 1. The van der Waals surface area contributed by atoms with Crippen molar-refractivity contribution in [3.8, 4) is 0 Å². The Morgan fingerprint density at radius 2 is 2.14 bits per heavy atom. The van der Waals surface area contributed by atoms with Crippen molar-refractivity contribution in [2.24, 2.45) is 0 Å². The van der Waals surface area contributed by atoms with Gasteiger partial charge in [0, 0.05) is 18.3 Å². The lowest BCUT2D eigenvalue weighted by Crippen LogP contribution is -2.44. The number of carbonyl (C=O) groups excluding carboxylic acids is 1. The molecule has 0 radical (unpaired) electrons. The maximum atomic E-state index is 12.8. The first kappa shape index (κ1) is 14.5. The first-order chi connectivity index (χ1) is 10.2. The van der Waals surface area contributed by atoms with Crippen molar-refractivity contribution in [3.63, 3.8) is 0 Å². The zero-order chi connectivity index (χ0) is 14.8. The Hall–Kier alpha value is -1.39. The van der Waals surface area contributed by atoms with Crippen molar-refractivity contribution in [1.29, 1.82) is 0 Å². The number of benzene rings is 1. The minimum absolute atomic E-state index is 0.127. The van der Waals surface area contributed by atoms with E-state index >= 15 is 0 Å². The summed E-state index contributed by atoms with van der Waals surface area (Å²) in [7, 11) is 0. The molecule has 0 aromatic heterocycles. The molecule has 1 fully saturated rings. The molecule has 1 saturated heterocycles. The summed E-state index contributed by atoms with van der Waals surface area (Å²) in [4.78, 5) is 14.7. The molecule has 0 spiro atoms. The summed E-state index contributed by atoms with van der Waals surface area (Å²) in [5, 5.41) is 3.51. The zero-order valence-electron chi connectivity index (χ0n) is 12.8. The Labute approximate surface area is 126 Å². The molecule has 0 aliphatic carbocycles. The van der Waals surface area contributed by atoms with Gasteiger partial charge in [0.15, 0.2) is 0 Å². The van der Waals surface area contributed by atoms with Crippen LogP contribution in [0.15, 0.2) is 24.3 Å². The fourth-order valence-corrected chi connectivity index (χ4v) is 3.41. The fourth-order valence-electron chi connectivity index (χ4n) is 3.41. The maximum Gasteiger partial charge on any atom is 0.256 e. The number of carbonyl (C=O) groups is 1. The molecule has 1 amide bonds. The first-order valence-electron chi connectivity index (χ1n) is 8.00. The van der Waals surface area contributed by atoms with Gasteiger partial charge in [-0.3, -0.25) is 4.79 Å². The number of fused-ring (bicyclic) bond motifs is 1. The summed E-state index contributed by atoms with van der Waals surface area (Å²) in [5.74, 6) is 0.127. The standard InChI is InChI=1S/C17H24N2O2/c1-3-18-14-10-11-19(15-7-5-4-6-13(14)15)17(20)16-9-8-12(2)21-16/h4-7,12,14,16,18H,3,8-11H2,1-2H3. The van der Waals surface area contributed by atoms with Crippen LogP contribution < -0.4 is 10.2 Å².